The molecule has 1 amide bonds. The Morgan fingerprint density at radius 2 is 1.94 bits per heavy atom. The van der Waals surface area contributed by atoms with Crippen LogP contribution in [0.5, 0.6) is 17.2 Å². The van der Waals surface area contributed by atoms with Gasteiger partial charge in [-0.2, -0.15) is 0 Å². The number of primary amides is 1. The second-order valence-corrected chi connectivity index (χ2v) is 7.59. The number of benzene rings is 1. The summed E-state index contributed by atoms with van der Waals surface area (Å²) in [5.41, 5.74) is 3.67. The first-order valence-corrected chi connectivity index (χ1v) is 9.36. The zero-order valence-electron chi connectivity index (χ0n) is 17.7. The number of aromatic hydroxyl groups is 1. The Kier molecular flexibility index (Phi) is 6.03. The van der Waals surface area contributed by atoms with Crippen molar-refractivity contribution in [1.82, 2.24) is 0 Å². The lowest BCUT2D eigenvalue weighted by molar-refractivity contribution is -0.304. The second kappa shape index (κ2) is 8.25. The maximum Gasteiger partial charge on any atom is 0.404 e. The molecule has 2 heterocycles. The van der Waals surface area contributed by atoms with Crippen molar-refractivity contribution in [3.8, 4) is 17.2 Å². The van der Waals surface area contributed by atoms with Gasteiger partial charge in [-0.05, 0) is 32.9 Å². The van der Waals surface area contributed by atoms with Crippen molar-refractivity contribution in [2.75, 3.05) is 14.2 Å². The summed E-state index contributed by atoms with van der Waals surface area (Å²) in [4.78, 5) is 23.3. The molecule has 4 unspecified atom stereocenters. The molecule has 170 valence electrons. The number of fused-ring (bicyclic) bond motifs is 1. The van der Waals surface area contributed by atoms with E-state index in [1.165, 1.54) is 26.4 Å². The number of amides is 1. The van der Waals surface area contributed by atoms with E-state index in [9.17, 15) is 19.8 Å². The number of nitrogens with two attached hydrogens (primary N) is 1. The van der Waals surface area contributed by atoms with E-state index in [-0.39, 0.29) is 17.1 Å². The summed E-state index contributed by atoms with van der Waals surface area (Å²) >= 11 is 0. The van der Waals surface area contributed by atoms with Gasteiger partial charge < -0.3 is 44.0 Å². The van der Waals surface area contributed by atoms with Crippen molar-refractivity contribution >= 4 is 17.1 Å². The highest BCUT2D eigenvalue weighted by Gasteiger charge is 2.53. The molecule has 0 spiro atoms. The van der Waals surface area contributed by atoms with Crippen molar-refractivity contribution in [1.29, 1.82) is 0 Å². The van der Waals surface area contributed by atoms with Crippen LogP contribution in [0, 0.1) is 6.92 Å². The molecule has 1 aliphatic rings. The molecule has 31 heavy (non-hydrogen) atoms. The molecule has 1 fully saturated rings. The van der Waals surface area contributed by atoms with Crippen LogP contribution in [-0.4, -0.2) is 60.7 Å². The molecule has 1 aromatic carbocycles. The van der Waals surface area contributed by atoms with Crippen molar-refractivity contribution in [2.24, 2.45) is 5.73 Å². The molecule has 1 aromatic heterocycles. The second-order valence-electron chi connectivity index (χ2n) is 7.59. The molecule has 1 aliphatic heterocycles. The van der Waals surface area contributed by atoms with E-state index < -0.39 is 47.7 Å². The lowest BCUT2D eigenvalue weighted by Crippen LogP contribution is -2.65. The third-order valence-electron chi connectivity index (χ3n) is 5.18. The van der Waals surface area contributed by atoms with Crippen LogP contribution in [0.25, 0.3) is 11.0 Å². The van der Waals surface area contributed by atoms with Gasteiger partial charge in [0.05, 0.1) is 18.1 Å². The predicted octanol–water partition coefficient (Wildman–Crippen LogP) is 1.17. The van der Waals surface area contributed by atoms with Crippen LogP contribution < -0.4 is 20.8 Å². The lowest BCUT2D eigenvalue weighted by Gasteiger charge is -2.47. The van der Waals surface area contributed by atoms with E-state index >= 15 is 0 Å². The smallest absolute Gasteiger partial charge is 0.404 e. The molecule has 0 bridgehead atoms. The Morgan fingerprint density at radius 1 is 1.26 bits per heavy atom. The number of hydrogen-bond donors (Lipinski definition) is 3. The molecular formula is C20H25NO10. The van der Waals surface area contributed by atoms with E-state index in [1.807, 2.05) is 0 Å². The molecule has 2 aromatic rings. The fraction of sp³-hybridized carbons (Fsp3) is 0.500. The summed E-state index contributed by atoms with van der Waals surface area (Å²) in [6.45, 7) is 4.98. The summed E-state index contributed by atoms with van der Waals surface area (Å²) in [5, 5.41) is 21.0. The standard InChI is InChI=1S/C20H25NO10/c1-8-10(7-6-9-13(8)29-17(24)11(22)14(9)26-4)28-18-12(23)15(30-19(21)25)16(27-5)20(2,3)31-18/h6-7,12,15-16,18,22-23H,1-5H3,(H2,21,25). The number of ether oxygens (including phenoxy) is 5. The minimum absolute atomic E-state index is 0.0335. The number of rotatable bonds is 5. The minimum atomic E-state index is -1.44. The van der Waals surface area contributed by atoms with Gasteiger partial charge in [-0.3, -0.25) is 0 Å². The van der Waals surface area contributed by atoms with Gasteiger partial charge in [-0.1, -0.05) is 0 Å². The van der Waals surface area contributed by atoms with Crippen molar-refractivity contribution in [3.63, 3.8) is 0 Å². The first-order chi connectivity index (χ1) is 14.5. The van der Waals surface area contributed by atoms with E-state index in [2.05, 4.69) is 0 Å². The van der Waals surface area contributed by atoms with E-state index in [0.29, 0.717) is 10.9 Å². The van der Waals surface area contributed by atoms with Crippen LogP contribution in [0.2, 0.25) is 0 Å². The molecule has 11 heteroatoms. The maximum atomic E-state index is 11.9. The van der Waals surface area contributed by atoms with Gasteiger partial charge in [0.25, 0.3) is 0 Å². The molecule has 0 radical (unpaired) electrons. The van der Waals surface area contributed by atoms with Crippen LogP contribution >= 0.6 is 0 Å². The first kappa shape index (κ1) is 22.7. The van der Waals surface area contributed by atoms with E-state index in [4.69, 9.17) is 33.8 Å². The fourth-order valence-corrected chi connectivity index (χ4v) is 3.75. The average molecular weight is 439 g/mol. The Hall–Kier alpha value is -3.02. The Labute approximate surface area is 177 Å². The van der Waals surface area contributed by atoms with Crippen LogP contribution in [-0.2, 0) is 14.2 Å². The summed E-state index contributed by atoms with van der Waals surface area (Å²) in [5.74, 6) is -0.460. The molecule has 0 saturated carbocycles. The highest BCUT2D eigenvalue weighted by Crippen LogP contribution is 2.38. The molecule has 1 saturated heterocycles. The van der Waals surface area contributed by atoms with Crippen molar-refractivity contribution in [2.45, 2.75) is 51.0 Å². The average Bonchev–Trinajstić information content (AvgIpc) is 2.69. The summed E-state index contributed by atoms with van der Waals surface area (Å²) < 4.78 is 32.5. The topological polar surface area (TPSA) is 160 Å². The molecule has 3 rings (SSSR count). The van der Waals surface area contributed by atoms with Gasteiger partial charge in [0, 0.05) is 12.7 Å². The fourth-order valence-electron chi connectivity index (χ4n) is 3.75. The van der Waals surface area contributed by atoms with Crippen LogP contribution in [0.4, 0.5) is 4.79 Å². The number of hydrogen-bond acceptors (Lipinski definition) is 10. The van der Waals surface area contributed by atoms with Gasteiger partial charge in [0.15, 0.2) is 18.0 Å². The molecular weight excluding hydrogens is 414 g/mol. The number of aliphatic hydroxyl groups excluding tert-OH is 1. The first-order valence-electron chi connectivity index (χ1n) is 9.36. The zero-order valence-corrected chi connectivity index (χ0v) is 17.7. The normalized spacial score (nSPS) is 25.2. The monoisotopic (exact) mass is 439 g/mol. The molecule has 4 N–H and O–H groups in total. The lowest BCUT2D eigenvalue weighted by atomic mass is 9.89. The van der Waals surface area contributed by atoms with Crippen molar-refractivity contribution < 1.29 is 43.1 Å². The summed E-state index contributed by atoms with van der Waals surface area (Å²) in [7, 11) is 2.70. The van der Waals surface area contributed by atoms with Gasteiger partial charge in [0.2, 0.25) is 12.0 Å². The Morgan fingerprint density at radius 3 is 2.52 bits per heavy atom. The number of carbonyl (C=O) groups excluding carboxylic acids is 1. The Bertz CT molecular complexity index is 1050. The van der Waals surface area contributed by atoms with Crippen LogP contribution in [0.15, 0.2) is 21.3 Å². The van der Waals surface area contributed by atoms with Crippen LogP contribution in [0.3, 0.4) is 0 Å². The van der Waals surface area contributed by atoms with Gasteiger partial charge >= 0.3 is 11.7 Å². The maximum absolute atomic E-state index is 11.9. The third kappa shape index (κ3) is 3.99. The molecule has 0 aliphatic carbocycles. The van der Waals surface area contributed by atoms with Crippen molar-refractivity contribution in [3.05, 3.63) is 28.1 Å². The largest absolute Gasteiger partial charge is 0.499 e. The van der Waals surface area contributed by atoms with Gasteiger partial charge in [0.1, 0.15) is 17.4 Å². The van der Waals surface area contributed by atoms with Gasteiger partial charge in [-0.15, -0.1) is 0 Å². The highest BCUT2D eigenvalue weighted by atomic mass is 16.7. The molecule has 4 atom stereocenters. The zero-order chi connectivity index (χ0) is 23.1. The quantitative estimate of drug-likeness (QED) is 0.577. The van der Waals surface area contributed by atoms with Gasteiger partial charge in [-0.25, -0.2) is 9.59 Å². The summed E-state index contributed by atoms with van der Waals surface area (Å²) in [6.07, 6.45) is -5.78. The van der Waals surface area contributed by atoms with E-state index in [0.717, 1.165) is 0 Å². The number of carbonyl (C=O) groups is 1. The van der Waals surface area contributed by atoms with Crippen LogP contribution in [0.1, 0.15) is 19.4 Å². The third-order valence-corrected chi connectivity index (χ3v) is 5.18. The summed E-state index contributed by atoms with van der Waals surface area (Å²) in [6, 6.07) is 3.06. The molecule has 11 nitrogen and oxygen atoms in total. The highest BCUT2D eigenvalue weighted by molar-refractivity contribution is 5.89. The van der Waals surface area contributed by atoms with E-state index in [1.54, 1.807) is 20.8 Å². The number of aliphatic hydroxyl groups is 1. The number of methoxy groups -OCH3 is 2. The minimum Gasteiger partial charge on any atom is -0.499 e. The predicted molar refractivity (Wildman–Crippen MR) is 106 cm³/mol. The Balaban J connectivity index is 2.01. The SMILES string of the molecule is COc1c(O)c(=O)oc2c(C)c(OC3OC(C)(C)C(OC)C(OC(N)=O)C3O)ccc12. The number of aryl methyl sites for hydroxylation is 1.